The summed E-state index contributed by atoms with van der Waals surface area (Å²) in [5, 5.41) is 2.62. The Bertz CT molecular complexity index is 684. The second-order valence-corrected chi connectivity index (χ2v) is 5.32. The minimum Gasteiger partial charge on any atom is -0.326 e. The Morgan fingerprint density at radius 3 is 2.76 bits per heavy atom. The lowest BCUT2D eigenvalue weighted by Crippen LogP contribution is -2.14. The van der Waals surface area contributed by atoms with E-state index >= 15 is 0 Å². The zero-order valence-corrected chi connectivity index (χ0v) is 11.4. The molecule has 21 heavy (non-hydrogen) atoms. The van der Waals surface area contributed by atoms with E-state index in [9.17, 15) is 13.6 Å². The number of rotatable bonds is 3. The molecule has 1 aliphatic rings. The third-order valence-corrected chi connectivity index (χ3v) is 3.89. The van der Waals surface area contributed by atoms with Gasteiger partial charge in [0.1, 0.15) is 0 Å². The Kier molecular flexibility index (Phi) is 3.69. The Balaban J connectivity index is 1.66. The second kappa shape index (κ2) is 5.64. The summed E-state index contributed by atoms with van der Waals surface area (Å²) in [6.45, 7) is 0. The van der Waals surface area contributed by atoms with Gasteiger partial charge < -0.3 is 5.32 Å². The highest BCUT2D eigenvalue weighted by Gasteiger charge is 2.24. The molecule has 1 amide bonds. The first-order valence-corrected chi connectivity index (χ1v) is 6.96. The van der Waals surface area contributed by atoms with Crippen LogP contribution in [0.3, 0.4) is 0 Å². The van der Waals surface area contributed by atoms with Crippen LogP contribution in [-0.4, -0.2) is 5.91 Å². The van der Waals surface area contributed by atoms with Crippen molar-refractivity contribution in [2.75, 3.05) is 5.32 Å². The van der Waals surface area contributed by atoms with Gasteiger partial charge in [0.25, 0.3) is 0 Å². The van der Waals surface area contributed by atoms with Crippen LogP contribution < -0.4 is 5.32 Å². The molecule has 0 fully saturated rings. The summed E-state index contributed by atoms with van der Waals surface area (Å²) in [7, 11) is 0. The predicted molar refractivity (Wildman–Crippen MR) is 77.1 cm³/mol. The molecule has 0 aliphatic heterocycles. The number of carbonyl (C=O) groups excluding carboxylic acids is 1. The second-order valence-electron chi connectivity index (χ2n) is 5.32. The highest BCUT2D eigenvalue weighted by molar-refractivity contribution is 5.91. The fraction of sp³-hybridized carbons (Fsp3) is 0.235. The van der Waals surface area contributed by atoms with Gasteiger partial charge in [0.15, 0.2) is 11.6 Å². The third kappa shape index (κ3) is 2.94. The van der Waals surface area contributed by atoms with Crippen molar-refractivity contribution < 1.29 is 13.6 Å². The summed E-state index contributed by atoms with van der Waals surface area (Å²) < 4.78 is 25.9. The first-order chi connectivity index (χ1) is 10.1. The molecule has 108 valence electrons. The number of aryl methyl sites for hydroxylation is 1. The van der Waals surface area contributed by atoms with Crippen molar-refractivity contribution in [3.63, 3.8) is 0 Å². The maximum atomic E-state index is 13.1. The van der Waals surface area contributed by atoms with Gasteiger partial charge in [-0.3, -0.25) is 4.79 Å². The Morgan fingerprint density at radius 1 is 1.14 bits per heavy atom. The van der Waals surface area contributed by atoms with E-state index in [0.29, 0.717) is 6.42 Å². The van der Waals surface area contributed by atoms with Crippen molar-refractivity contribution >= 4 is 11.6 Å². The number of fused-ring (bicyclic) bond motifs is 1. The molecule has 0 heterocycles. The lowest BCUT2D eigenvalue weighted by atomic mass is 9.97. The number of nitrogens with one attached hydrogen (secondary N) is 1. The molecule has 1 N–H and O–H groups in total. The first kappa shape index (κ1) is 13.7. The summed E-state index contributed by atoms with van der Waals surface area (Å²) in [5.41, 5.74) is 2.80. The van der Waals surface area contributed by atoms with Crippen LogP contribution in [0.5, 0.6) is 0 Å². The van der Waals surface area contributed by atoms with Crippen LogP contribution in [0.2, 0.25) is 0 Å². The first-order valence-electron chi connectivity index (χ1n) is 6.96. The lowest BCUT2D eigenvalue weighted by Gasteiger charge is -2.12. The minimum atomic E-state index is -0.959. The summed E-state index contributed by atoms with van der Waals surface area (Å²) in [4.78, 5) is 12.0. The molecular weight excluding hydrogens is 272 g/mol. The standard InChI is InChI=1S/C17H15F2NO/c18-15-8-7-13(10-16(15)19)20-17(21)9-12-6-5-11-3-1-2-4-14(11)12/h1-4,7-8,10,12H,5-6,9H2,(H,20,21). The van der Waals surface area contributed by atoms with Crippen LogP contribution in [0.1, 0.15) is 29.9 Å². The molecule has 1 aliphatic carbocycles. The zero-order valence-electron chi connectivity index (χ0n) is 11.4. The van der Waals surface area contributed by atoms with E-state index in [1.54, 1.807) is 0 Å². The maximum Gasteiger partial charge on any atom is 0.224 e. The fourth-order valence-electron chi connectivity index (χ4n) is 2.87. The molecule has 4 heteroatoms. The van der Waals surface area contributed by atoms with Gasteiger partial charge >= 0.3 is 0 Å². The molecule has 0 saturated heterocycles. The van der Waals surface area contributed by atoms with Crippen molar-refractivity contribution in [1.82, 2.24) is 0 Å². The van der Waals surface area contributed by atoms with E-state index in [2.05, 4.69) is 17.4 Å². The van der Waals surface area contributed by atoms with Gasteiger partial charge in [-0.2, -0.15) is 0 Å². The molecule has 2 aromatic rings. The number of hydrogen-bond acceptors (Lipinski definition) is 1. The van der Waals surface area contributed by atoms with Crippen molar-refractivity contribution in [2.24, 2.45) is 0 Å². The molecule has 0 spiro atoms. The molecule has 1 atom stereocenters. The topological polar surface area (TPSA) is 29.1 Å². The number of halogens is 2. The van der Waals surface area contributed by atoms with Crippen molar-refractivity contribution in [1.29, 1.82) is 0 Å². The third-order valence-electron chi connectivity index (χ3n) is 3.89. The molecule has 2 aromatic carbocycles. The van der Waals surface area contributed by atoms with Gasteiger partial charge in [0.05, 0.1) is 0 Å². The number of hydrogen-bond donors (Lipinski definition) is 1. The van der Waals surface area contributed by atoms with Crippen LogP contribution in [0.4, 0.5) is 14.5 Å². The van der Waals surface area contributed by atoms with Crippen LogP contribution in [0.25, 0.3) is 0 Å². The van der Waals surface area contributed by atoms with E-state index in [1.807, 2.05) is 12.1 Å². The molecule has 2 nitrogen and oxygen atoms in total. The monoisotopic (exact) mass is 287 g/mol. The normalized spacial score (nSPS) is 16.6. The summed E-state index contributed by atoms with van der Waals surface area (Å²) in [5.74, 6) is -1.86. The average Bonchev–Trinajstić information content (AvgIpc) is 2.86. The van der Waals surface area contributed by atoms with Gasteiger partial charge in [0.2, 0.25) is 5.91 Å². The smallest absolute Gasteiger partial charge is 0.224 e. The SMILES string of the molecule is O=C(CC1CCc2ccccc21)Nc1ccc(F)c(F)c1. The van der Waals surface area contributed by atoms with Crippen LogP contribution in [0, 0.1) is 11.6 Å². The van der Waals surface area contributed by atoms with Gasteiger partial charge in [-0.25, -0.2) is 8.78 Å². The molecule has 0 radical (unpaired) electrons. The van der Waals surface area contributed by atoms with Gasteiger partial charge in [-0.05, 0) is 42.0 Å². The lowest BCUT2D eigenvalue weighted by molar-refractivity contribution is -0.116. The quantitative estimate of drug-likeness (QED) is 0.907. The molecule has 0 bridgehead atoms. The highest BCUT2D eigenvalue weighted by atomic mass is 19.2. The Hall–Kier alpha value is -2.23. The number of benzene rings is 2. The predicted octanol–water partition coefficient (Wildman–Crippen LogP) is 4.02. The molecule has 0 saturated carbocycles. The summed E-state index contributed by atoms with van der Waals surface area (Å²) in [6.07, 6.45) is 2.29. The van der Waals surface area contributed by atoms with E-state index in [1.165, 1.54) is 17.2 Å². The minimum absolute atomic E-state index is 0.178. The van der Waals surface area contributed by atoms with E-state index in [0.717, 1.165) is 25.0 Å². The van der Waals surface area contributed by atoms with E-state index in [4.69, 9.17) is 0 Å². The molecule has 0 aromatic heterocycles. The van der Waals surface area contributed by atoms with Crippen molar-refractivity contribution in [3.8, 4) is 0 Å². The van der Waals surface area contributed by atoms with Crippen LogP contribution in [-0.2, 0) is 11.2 Å². The van der Waals surface area contributed by atoms with Crippen LogP contribution >= 0.6 is 0 Å². The van der Waals surface area contributed by atoms with Gasteiger partial charge in [-0.1, -0.05) is 24.3 Å². The summed E-state index contributed by atoms with van der Waals surface area (Å²) >= 11 is 0. The molecular formula is C17H15F2NO. The van der Waals surface area contributed by atoms with Gasteiger partial charge in [-0.15, -0.1) is 0 Å². The largest absolute Gasteiger partial charge is 0.326 e. The average molecular weight is 287 g/mol. The number of anilines is 1. The van der Waals surface area contributed by atoms with Gasteiger partial charge in [0, 0.05) is 18.2 Å². The Morgan fingerprint density at radius 2 is 1.95 bits per heavy atom. The van der Waals surface area contributed by atoms with Crippen LogP contribution in [0.15, 0.2) is 42.5 Å². The zero-order chi connectivity index (χ0) is 14.8. The fourth-order valence-corrected chi connectivity index (χ4v) is 2.87. The highest BCUT2D eigenvalue weighted by Crippen LogP contribution is 2.35. The Labute approximate surface area is 121 Å². The number of amides is 1. The van der Waals surface area contributed by atoms with E-state index in [-0.39, 0.29) is 17.5 Å². The maximum absolute atomic E-state index is 13.1. The van der Waals surface area contributed by atoms with Crippen molar-refractivity contribution in [3.05, 3.63) is 65.2 Å². The molecule has 3 rings (SSSR count). The van der Waals surface area contributed by atoms with E-state index < -0.39 is 11.6 Å². The molecule has 1 unspecified atom stereocenters. The van der Waals surface area contributed by atoms with Crippen molar-refractivity contribution in [2.45, 2.75) is 25.2 Å². The summed E-state index contributed by atoms with van der Waals surface area (Å²) in [6, 6.07) is 11.5. The number of carbonyl (C=O) groups is 1.